The zero-order valence-corrected chi connectivity index (χ0v) is 15.0. The fourth-order valence-corrected chi connectivity index (χ4v) is 3.25. The Morgan fingerprint density at radius 1 is 1.07 bits per heavy atom. The van der Waals surface area contributed by atoms with E-state index in [1.807, 2.05) is 54.0 Å². The highest BCUT2D eigenvalue weighted by atomic mass is 32.1. The number of benzene rings is 1. The second-order valence-corrected chi connectivity index (χ2v) is 6.55. The number of rotatable bonds is 5. The second-order valence-electron chi connectivity index (χ2n) is 5.60. The Bertz CT molecular complexity index is 1060. The van der Waals surface area contributed by atoms with Crippen LogP contribution in [0.25, 0.3) is 16.3 Å². The Morgan fingerprint density at radius 3 is 2.67 bits per heavy atom. The van der Waals surface area contributed by atoms with Crippen LogP contribution in [0.1, 0.15) is 16.1 Å². The monoisotopic (exact) mass is 373 g/mol. The molecular formula is C20H15N5OS. The number of nitrogens with one attached hydrogen (secondary N) is 1. The smallest absolute Gasteiger partial charge is 0.266 e. The fourth-order valence-electron chi connectivity index (χ4n) is 2.51. The molecule has 7 heteroatoms. The number of pyridine rings is 1. The number of carbonyl (C=O) groups excluding carboxylic acids is 1. The van der Waals surface area contributed by atoms with E-state index < -0.39 is 0 Å². The summed E-state index contributed by atoms with van der Waals surface area (Å²) in [5, 5.41) is 10.8. The van der Waals surface area contributed by atoms with Gasteiger partial charge in [-0.25, -0.2) is 10.1 Å². The molecule has 1 amide bonds. The van der Waals surface area contributed by atoms with Gasteiger partial charge in [0.15, 0.2) is 0 Å². The molecule has 0 atom stereocenters. The summed E-state index contributed by atoms with van der Waals surface area (Å²) < 4.78 is 1.80. The molecule has 132 valence electrons. The zero-order chi connectivity index (χ0) is 18.5. The lowest BCUT2D eigenvalue weighted by Crippen LogP contribution is -2.18. The van der Waals surface area contributed by atoms with Gasteiger partial charge in [-0.05, 0) is 35.7 Å². The molecule has 0 aliphatic rings. The van der Waals surface area contributed by atoms with Gasteiger partial charge in [0.2, 0.25) is 0 Å². The molecule has 0 aliphatic heterocycles. The maximum absolute atomic E-state index is 12.1. The van der Waals surface area contributed by atoms with E-state index in [1.165, 1.54) is 0 Å². The Balaban J connectivity index is 1.61. The van der Waals surface area contributed by atoms with Crippen molar-refractivity contribution in [3.05, 3.63) is 89.7 Å². The van der Waals surface area contributed by atoms with E-state index in [9.17, 15) is 4.79 Å². The third-order valence-corrected chi connectivity index (χ3v) is 4.66. The molecule has 3 aromatic heterocycles. The van der Waals surface area contributed by atoms with Gasteiger partial charge < -0.3 is 0 Å². The van der Waals surface area contributed by atoms with Gasteiger partial charge in [-0.15, -0.1) is 11.3 Å². The van der Waals surface area contributed by atoms with E-state index in [0.29, 0.717) is 5.69 Å². The molecule has 0 saturated carbocycles. The standard InChI is InChI=1S/C20H15N5OS/c26-20(17-9-4-5-11-21-17)23-22-13-15-14-25(16-7-2-1-3-8-16)24-19(15)18-10-6-12-27-18/h1-14H,(H,23,26)/b22-13-. The summed E-state index contributed by atoms with van der Waals surface area (Å²) in [6, 6.07) is 19.0. The van der Waals surface area contributed by atoms with Crippen molar-refractivity contribution < 1.29 is 4.79 Å². The van der Waals surface area contributed by atoms with Gasteiger partial charge in [0.25, 0.3) is 5.91 Å². The Labute approximate surface area is 159 Å². The lowest BCUT2D eigenvalue weighted by molar-refractivity contribution is 0.0950. The number of para-hydroxylation sites is 1. The highest BCUT2D eigenvalue weighted by Crippen LogP contribution is 2.26. The average molecular weight is 373 g/mol. The Kier molecular flexibility index (Phi) is 4.84. The molecule has 3 heterocycles. The summed E-state index contributed by atoms with van der Waals surface area (Å²) in [6.45, 7) is 0. The van der Waals surface area contributed by atoms with E-state index in [1.54, 1.807) is 46.6 Å². The van der Waals surface area contributed by atoms with Crippen molar-refractivity contribution in [3.63, 3.8) is 0 Å². The zero-order valence-electron chi connectivity index (χ0n) is 14.2. The molecule has 0 aliphatic carbocycles. The van der Waals surface area contributed by atoms with Crippen LogP contribution in [0.2, 0.25) is 0 Å². The number of carbonyl (C=O) groups is 1. The number of aromatic nitrogens is 3. The summed E-state index contributed by atoms with van der Waals surface area (Å²) in [7, 11) is 0. The molecule has 0 radical (unpaired) electrons. The molecule has 0 spiro atoms. The molecule has 0 unspecified atom stereocenters. The minimum atomic E-state index is -0.361. The number of thiophene rings is 1. The van der Waals surface area contributed by atoms with Gasteiger partial charge in [0.05, 0.1) is 16.8 Å². The number of hydrogen-bond donors (Lipinski definition) is 1. The molecule has 4 rings (SSSR count). The van der Waals surface area contributed by atoms with Crippen molar-refractivity contribution in [1.82, 2.24) is 20.2 Å². The molecule has 6 nitrogen and oxygen atoms in total. The van der Waals surface area contributed by atoms with Gasteiger partial charge in [0.1, 0.15) is 11.4 Å². The maximum Gasteiger partial charge on any atom is 0.289 e. The topological polar surface area (TPSA) is 72.2 Å². The van der Waals surface area contributed by atoms with Crippen molar-refractivity contribution in [2.24, 2.45) is 5.10 Å². The molecular weight excluding hydrogens is 358 g/mol. The summed E-state index contributed by atoms with van der Waals surface area (Å²) in [5.41, 5.74) is 5.39. The van der Waals surface area contributed by atoms with Crippen LogP contribution in [0.3, 0.4) is 0 Å². The lowest BCUT2D eigenvalue weighted by Gasteiger charge is -1.98. The van der Waals surface area contributed by atoms with Crippen LogP contribution in [0.5, 0.6) is 0 Å². The molecule has 0 saturated heterocycles. The van der Waals surface area contributed by atoms with Gasteiger partial charge in [-0.1, -0.05) is 30.3 Å². The highest BCUT2D eigenvalue weighted by Gasteiger charge is 2.12. The number of hydrogen-bond acceptors (Lipinski definition) is 5. The first-order valence-corrected chi connectivity index (χ1v) is 9.12. The minimum absolute atomic E-state index is 0.313. The normalized spacial score (nSPS) is 11.0. The fraction of sp³-hybridized carbons (Fsp3) is 0. The van der Waals surface area contributed by atoms with E-state index in [-0.39, 0.29) is 5.91 Å². The maximum atomic E-state index is 12.1. The number of amides is 1. The van der Waals surface area contributed by atoms with Crippen LogP contribution in [0.4, 0.5) is 0 Å². The van der Waals surface area contributed by atoms with Crippen LogP contribution >= 0.6 is 11.3 Å². The van der Waals surface area contributed by atoms with Gasteiger partial charge >= 0.3 is 0 Å². The quantitative estimate of drug-likeness (QED) is 0.428. The third kappa shape index (κ3) is 3.83. The van der Waals surface area contributed by atoms with Crippen molar-refractivity contribution in [1.29, 1.82) is 0 Å². The van der Waals surface area contributed by atoms with E-state index in [0.717, 1.165) is 21.8 Å². The van der Waals surface area contributed by atoms with Crippen LogP contribution < -0.4 is 5.43 Å². The largest absolute Gasteiger partial charge is 0.289 e. The van der Waals surface area contributed by atoms with Crippen molar-refractivity contribution in [2.75, 3.05) is 0 Å². The SMILES string of the molecule is O=C(N/N=C\c1cn(-c2ccccc2)nc1-c1cccs1)c1ccccn1. The summed E-state index contributed by atoms with van der Waals surface area (Å²) >= 11 is 1.60. The Hall–Kier alpha value is -3.58. The number of hydrazone groups is 1. The summed E-state index contributed by atoms with van der Waals surface area (Å²) in [4.78, 5) is 17.1. The van der Waals surface area contributed by atoms with Crippen molar-refractivity contribution in [3.8, 4) is 16.3 Å². The van der Waals surface area contributed by atoms with Gasteiger partial charge in [0, 0.05) is 18.0 Å². The van der Waals surface area contributed by atoms with E-state index in [4.69, 9.17) is 0 Å². The summed E-state index contributed by atoms with van der Waals surface area (Å²) in [6.07, 6.45) is 5.06. The first-order chi connectivity index (χ1) is 13.3. The third-order valence-electron chi connectivity index (χ3n) is 3.79. The molecule has 1 N–H and O–H groups in total. The average Bonchev–Trinajstić information content (AvgIpc) is 3.39. The first-order valence-electron chi connectivity index (χ1n) is 8.25. The van der Waals surface area contributed by atoms with Crippen LogP contribution in [0.15, 0.2) is 83.5 Å². The molecule has 0 bridgehead atoms. The minimum Gasteiger partial charge on any atom is -0.266 e. The lowest BCUT2D eigenvalue weighted by atomic mass is 10.2. The van der Waals surface area contributed by atoms with Crippen molar-refractivity contribution >= 4 is 23.5 Å². The predicted molar refractivity (Wildman–Crippen MR) is 106 cm³/mol. The van der Waals surface area contributed by atoms with Gasteiger partial charge in [-0.3, -0.25) is 9.78 Å². The van der Waals surface area contributed by atoms with Gasteiger partial charge in [-0.2, -0.15) is 10.2 Å². The van der Waals surface area contributed by atoms with Crippen LogP contribution in [0, 0.1) is 0 Å². The molecule has 4 aromatic rings. The number of nitrogens with zero attached hydrogens (tertiary/aromatic N) is 4. The highest BCUT2D eigenvalue weighted by molar-refractivity contribution is 7.13. The van der Waals surface area contributed by atoms with Crippen LogP contribution in [-0.4, -0.2) is 26.9 Å². The van der Waals surface area contributed by atoms with Crippen molar-refractivity contribution in [2.45, 2.75) is 0 Å². The second kappa shape index (κ2) is 7.76. The first kappa shape index (κ1) is 16.9. The molecule has 0 fully saturated rings. The molecule has 1 aromatic carbocycles. The van der Waals surface area contributed by atoms with E-state index in [2.05, 4.69) is 20.6 Å². The predicted octanol–water partition coefficient (Wildman–Crippen LogP) is 3.76. The van der Waals surface area contributed by atoms with Crippen LogP contribution in [-0.2, 0) is 0 Å². The Morgan fingerprint density at radius 2 is 1.93 bits per heavy atom. The summed E-state index contributed by atoms with van der Waals surface area (Å²) in [5.74, 6) is -0.361. The molecule has 27 heavy (non-hydrogen) atoms. The van der Waals surface area contributed by atoms with E-state index >= 15 is 0 Å².